The van der Waals surface area contributed by atoms with Gasteiger partial charge < -0.3 is 10.3 Å². The number of para-hydroxylation sites is 2. The Hall–Kier alpha value is -4.23. The van der Waals surface area contributed by atoms with E-state index in [9.17, 15) is 14.4 Å². The number of nitrogens with one attached hydrogen (secondary N) is 3. The largest absolute Gasteiger partial charge is 0.361 e. The van der Waals surface area contributed by atoms with Gasteiger partial charge in [-0.3, -0.25) is 19.7 Å². The van der Waals surface area contributed by atoms with E-state index in [1.54, 1.807) is 6.07 Å². The molecule has 3 aromatic carbocycles. The number of imide groups is 1. The van der Waals surface area contributed by atoms with Gasteiger partial charge >= 0.3 is 0 Å². The average Bonchev–Trinajstić information content (AvgIpc) is 3.58. The number of aromatic nitrogens is 1. The first-order valence-corrected chi connectivity index (χ1v) is 12.2. The lowest BCUT2D eigenvalue weighted by molar-refractivity contribution is -0.130. The number of hydrogen-bond acceptors (Lipinski definition) is 4. The zero-order valence-electron chi connectivity index (χ0n) is 19.6. The van der Waals surface area contributed by atoms with E-state index in [0.29, 0.717) is 17.8 Å². The number of aromatic amines is 1. The van der Waals surface area contributed by atoms with Crippen LogP contribution in [0.15, 0.2) is 79.0 Å². The summed E-state index contributed by atoms with van der Waals surface area (Å²) in [5, 5.41) is 7.56. The molecule has 4 atom stereocenters. The average molecular weight is 477 g/mol. The maximum Gasteiger partial charge on any atom is 0.250 e. The van der Waals surface area contributed by atoms with Gasteiger partial charge in [0.15, 0.2) is 0 Å². The highest BCUT2D eigenvalue weighted by molar-refractivity contribution is 6.25. The van der Waals surface area contributed by atoms with Gasteiger partial charge in [0.1, 0.15) is 5.54 Å². The van der Waals surface area contributed by atoms with Crippen LogP contribution < -0.4 is 15.5 Å². The summed E-state index contributed by atoms with van der Waals surface area (Å²) in [5.41, 5.74) is 3.65. The molecule has 3 aliphatic heterocycles. The Morgan fingerprint density at radius 2 is 1.72 bits per heavy atom. The van der Waals surface area contributed by atoms with Crippen LogP contribution in [0, 0.1) is 18.8 Å². The van der Waals surface area contributed by atoms with Gasteiger partial charge in [-0.05, 0) is 48.7 Å². The molecule has 178 valence electrons. The molecule has 3 aliphatic rings. The molecule has 2 fully saturated rings. The molecule has 1 aromatic heterocycles. The third-order valence-electron chi connectivity index (χ3n) is 8.00. The van der Waals surface area contributed by atoms with Crippen molar-refractivity contribution in [2.75, 3.05) is 10.2 Å². The van der Waals surface area contributed by atoms with E-state index >= 15 is 0 Å². The van der Waals surface area contributed by atoms with E-state index in [1.807, 2.05) is 79.9 Å². The molecule has 3 N–H and O–H groups in total. The molecular formula is C29H24N4O3. The Labute approximate surface area is 207 Å². The van der Waals surface area contributed by atoms with E-state index in [0.717, 1.165) is 27.6 Å². The van der Waals surface area contributed by atoms with Crippen molar-refractivity contribution >= 4 is 40.0 Å². The standard InChI is InChI=1S/C29H24N4O3/c1-16-7-6-8-18(13-16)33-26(34)24-23(14-17-15-30-21-11-4-2-9-19(17)21)32-29(25(24)27(33)35)20-10-3-5-12-22(20)31-28(29)36/h2-13,15,23-25,30,32H,14H2,1H3,(H,31,36)/t23-,24+,25-,29-/m0/s1. The van der Waals surface area contributed by atoms with Gasteiger partial charge in [0.25, 0.3) is 0 Å². The summed E-state index contributed by atoms with van der Waals surface area (Å²) in [4.78, 5) is 46.3. The molecule has 0 aliphatic carbocycles. The van der Waals surface area contributed by atoms with Crippen LogP contribution in [-0.4, -0.2) is 28.7 Å². The molecule has 0 bridgehead atoms. The van der Waals surface area contributed by atoms with E-state index in [4.69, 9.17) is 0 Å². The number of rotatable bonds is 3. The number of nitrogens with zero attached hydrogens (tertiary/aromatic N) is 1. The van der Waals surface area contributed by atoms with Crippen LogP contribution in [-0.2, 0) is 26.3 Å². The zero-order valence-corrected chi connectivity index (χ0v) is 19.6. The molecule has 7 heteroatoms. The zero-order chi connectivity index (χ0) is 24.6. The van der Waals surface area contributed by atoms with Crippen LogP contribution in [0.25, 0.3) is 10.9 Å². The Morgan fingerprint density at radius 1 is 0.917 bits per heavy atom. The highest BCUT2D eigenvalue weighted by Gasteiger charge is 2.70. The van der Waals surface area contributed by atoms with Crippen LogP contribution in [0.3, 0.4) is 0 Å². The predicted octanol–water partition coefficient (Wildman–Crippen LogP) is 3.64. The van der Waals surface area contributed by atoms with Crippen LogP contribution in [0.4, 0.5) is 11.4 Å². The Morgan fingerprint density at radius 3 is 2.58 bits per heavy atom. The molecule has 4 heterocycles. The summed E-state index contributed by atoms with van der Waals surface area (Å²) in [6.07, 6.45) is 2.46. The Balaban J connectivity index is 1.38. The smallest absolute Gasteiger partial charge is 0.250 e. The summed E-state index contributed by atoms with van der Waals surface area (Å²) >= 11 is 0. The lowest BCUT2D eigenvalue weighted by Gasteiger charge is -2.29. The van der Waals surface area contributed by atoms with Gasteiger partial charge in [0, 0.05) is 34.4 Å². The predicted molar refractivity (Wildman–Crippen MR) is 136 cm³/mol. The number of anilines is 2. The van der Waals surface area contributed by atoms with Crippen molar-refractivity contribution < 1.29 is 14.4 Å². The molecule has 3 amide bonds. The fourth-order valence-corrected chi connectivity index (χ4v) is 6.49. The molecule has 0 saturated carbocycles. The van der Waals surface area contributed by atoms with Crippen molar-refractivity contribution in [1.82, 2.24) is 10.3 Å². The summed E-state index contributed by atoms with van der Waals surface area (Å²) in [6.45, 7) is 1.93. The van der Waals surface area contributed by atoms with Gasteiger partial charge in [0.05, 0.1) is 17.5 Å². The van der Waals surface area contributed by atoms with E-state index < -0.39 is 23.4 Å². The topological polar surface area (TPSA) is 94.3 Å². The minimum absolute atomic E-state index is 0.262. The fraction of sp³-hybridized carbons (Fsp3) is 0.207. The number of amides is 3. The second kappa shape index (κ2) is 7.38. The van der Waals surface area contributed by atoms with Crippen LogP contribution in [0.2, 0.25) is 0 Å². The number of benzene rings is 3. The lowest BCUT2D eigenvalue weighted by atomic mass is 9.76. The third-order valence-corrected chi connectivity index (χ3v) is 8.00. The SMILES string of the molecule is Cc1cccc(N2C(=O)[C@@H]3[C@H](Cc4c[nH]c5ccccc45)N[C@]4(C(=O)Nc5ccccc54)[C@@H]3C2=O)c1. The first kappa shape index (κ1) is 21.1. The molecule has 0 radical (unpaired) electrons. The molecule has 4 aromatic rings. The molecule has 36 heavy (non-hydrogen) atoms. The third kappa shape index (κ3) is 2.69. The van der Waals surface area contributed by atoms with Crippen molar-refractivity contribution in [2.24, 2.45) is 11.8 Å². The number of aryl methyl sites for hydroxylation is 1. The first-order valence-electron chi connectivity index (χ1n) is 12.2. The van der Waals surface area contributed by atoms with Crippen molar-refractivity contribution in [3.63, 3.8) is 0 Å². The number of carbonyl (C=O) groups is 3. The summed E-state index contributed by atoms with van der Waals surface area (Å²) in [7, 11) is 0. The van der Waals surface area contributed by atoms with E-state index in [2.05, 4.69) is 15.6 Å². The Kier molecular flexibility index (Phi) is 4.32. The van der Waals surface area contributed by atoms with Crippen molar-refractivity contribution in [1.29, 1.82) is 0 Å². The second-order valence-corrected chi connectivity index (χ2v) is 9.98. The summed E-state index contributed by atoms with van der Waals surface area (Å²) in [6, 6.07) is 22.4. The van der Waals surface area contributed by atoms with Crippen molar-refractivity contribution in [3.8, 4) is 0 Å². The van der Waals surface area contributed by atoms with Crippen molar-refractivity contribution in [3.05, 3.63) is 95.7 Å². The second-order valence-electron chi connectivity index (χ2n) is 9.98. The van der Waals surface area contributed by atoms with Gasteiger partial charge in [-0.25, -0.2) is 4.90 Å². The minimum atomic E-state index is -1.30. The number of carbonyl (C=O) groups excluding carboxylic acids is 3. The minimum Gasteiger partial charge on any atom is -0.361 e. The molecule has 7 nitrogen and oxygen atoms in total. The van der Waals surface area contributed by atoms with Gasteiger partial charge in [-0.15, -0.1) is 0 Å². The maximum absolute atomic E-state index is 14.1. The number of fused-ring (bicyclic) bond motifs is 5. The molecule has 7 rings (SSSR count). The van der Waals surface area contributed by atoms with Gasteiger partial charge in [0.2, 0.25) is 17.7 Å². The Bertz CT molecular complexity index is 1590. The molecule has 0 unspecified atom stereocenters. The highest BCUT2D eigenvalue weighted by atomic mass is 16.2. The number of H-pyrrole nitrogens is 1. The van der Waals surface area contributed by atoms with Crippen LogP contribution in [0.5, 0.6) is 0 Å². The number of hydrogen-bond donors (Lipinski definition) is 3. The maximum atomic E-state index is 14.1. The summed E-state index contributed by atoms with van der Waals surface area (Å²) < 4.78 is 0. The van der Waals surface area contributed by atoms with Crippen LogP contribution in [0.1, 0.15) is 16.7 Å². The molecule has 2 saturated heterocycles. The normalized spacial score (nSPS) is 26.6. The lowest BCUT2D eigenvalue weighted by Crippen LogP contribution is -2.53. The van der Waals surface area contributed by atoms with Gasteiger partial charge in [-0.2, -0.15) is 0 Å². The van der Waals surface area contributed by atoms with Gasteiger partial charge in [-0.1, -0.05) is 48.5 Å². The molecular weight excluding hydrogens is 452 g/mol. The van der Waals surface area contributed by atoms with Crippen LogP contribution >= 0.6 is 0 Å². The summed E-state index contributed by atoms with van der Waals surface area (Å²) in [5.74, 6) is -2.40. The highest BCUT2D eigenvalue weighted by Crippen LogP contribution is 2.54. The van der Waals surface area contributed by atoms with E-state index in [-0.39, 0.29) is 17.7 Å². The monoisotopic (exact) mass is 476 g/mol. The molecule has 1 spiro atoms. The quantitative estimate of drug-likeness (QED) is 0.394. The van der Waals surface area contributed by atoms with Crippen molar-refractivity contribution in [2.45, 2.75) is 24.9 Å². The van der Waals surface area contributed by atoms with E-state index in [1.165, 1.54) is 4.90 Å². The fourth-order valence-electron chi connectivity index (χ4n) is 6.49. The first-order chi connectivity index (χ1) is 17.5.